The highest BCUT2D eigenvalue weighted by atomic mass is 32.2. The molecule has 1 heterocycles. The fourth-order valence-electron chi connectivity index (χ4n) is 3.18. The molecule has 1 aliphatic rings. The van der Waals surface area contributed by atoms with Gasteiger partial charge in [0, 0.05) is 6.07 Å². The second-order valence-electron chi connectivity index (χ2n) is 6.95. The van der Waals surface area contributed by atoms with E-state index in [-0.39, 0.29) is 10.9 Å². The molecule has 0 unspecified atom stereocenters. The average molecular weight is 420 g/mol. The number of nitrogens with one attached hydrogen (secondary N) is 2. The van der Waals surface area contributed by atoms with Gasteiger partial charge in [-0.25, -0.2) is 13.1 Å². The number of ether oxygens (including phenoxy) is 1. The lowest BCUT2D eigenvalue weighted by Gasteiger charge is -2.14. The lowest BCUT2D eigenvalue weighted by Crippen LogP contribution is -2.32. The van der Waals surface area contributed by atoms with Crippen molar-refractivity contribution in [2.24, 2.45) is 0 Å². The number of sulfonamides is 1. The van der Waals surface area contributed by atoms with Crippen molar-refractivity contribution in [3.8, 4) is 0 Å². The van der Waals surface area contributed by atoms with E-state index in [9.17, 15) is 18.0 Å². The molecule has 1 aromatic heterocycles. The van der Waals surface area contributed by atoms with Crippen LogP contribution in [0.15, 0.2) is 41.4 Å². The molecule has 1 aromatic carbocycles. The van der Waals surface area contributed by atoms with Gasteiger partial charge in [0.25, 0.3) is 5.91 Å². The van der Waals surface area contributed by atoms with E-state index in [0.29, 0.717) is 5.82 Å². The minimum atomic E-state index is -3.83. The highest BCUT2D eigenvalue weighted by Crippen LogP contribution is 2.31. The third-order valence-corrected chi connectivity index (χ3v) is 6.13. The van der Waals surface area contributed by atoms with Crippen molar-refractivity contribution >= 4 is 27.7 Å². The van der Waals surface area contributed by atoms with Crippen LogP contribution in [0.4, 0.5) is 5.82 Å². The second kappa shape index (κ2) is 9.19. The second-order valence-corrected chi connectivity index (χ2v) is 8.71. The molecule has 0 radical (unpaired) electrons. The van der Waals surface area contributed by atoms with Crippen LogP contribution in [-0.2, 0) is 24.3 Å². The van der Waals surface area contributed by atoms with E-state index >= 15 is 0 Å². The maximum Gasteiger partial charge on any atom is 0.321 e. The lowest BCUT2D eigenvalue weighted by atomic mass is 10.2. The summed E-state index contributed by atoms with van der Waals surface area (Å²) in [4.78, 5) is 23.9. The molecule has 156 valence electrons. The average Bonchev–Trinajstić information content (AvgIpc) is 3.36. The van der Waals surface area contributed by atoms with E-state index in [4.69, 9.17) is 4.74 Å². The zero-order chi connectivity index (χ0) is 20.9. The first-order chi connectivity index (χ1) is 13.8. The Bertz CT molecular complexity index is 963. The van der Waals surface area contributed by atoms with Crippen LogP contribution in [0.3, 0.4) is 0 Å². The molecule has 0 bridgehead atoms. The zero-order valence-corrected chi connectivity index (χ0v) is 16.9. The predicted octanol–water partition coefficient (Wildman–Crippen LogP) is 1.77. The predicted molar refractivity (Wildman–Crippen MR) is 106 cm³/mol. The van der Waals surface area contributed by atoms with Crippen LogP contribution >= 0.6 is 0 Å². The molecule has 1 amide bonds. The Labute approximate surface area is 169 Å². The maximum atomic E-state index is 12.2. The van der Waals surface area contributed by atoms with Crippen LogP contribution in [-0.4, -0.2) is 43.2 Å². The van der Waals surface area contributed by atoms with E-state index in [1.54, 1.807) is 29.1 Å². The summed E-state index contributed by atoms with van der Waals surface area (Å²) in [6.07, 6.45) is 5.91. The highest BCUT2D eigenvalue weighted by Gasteiger charge is 2.21. The van der Waals surface area contributed by atoms with Gasteiger partial charge >= 0.3 is 5.97 Å². The number of hydrogen-bond acceptors (Lipinski definition) is 6. The Morgan fingerprint density at radius 3 is 2.55 bits per heavy atom. The van der Waals surface area contributed by atoms with E-state index in [1.807, 2.05) is 6.92 Å². The largest absolute Gasteiger partial charge is 0.455 e. The van der Waals surface area contributed by atoms with Gasteiger partial charge in [0.1, 0.15) is 12.4 Å². The third kappa shape index (κ3) is 5.64. The summed E-state index contributed by atoms with van der Waals surface area (Å²) in [5.74, 6) is -0.808. The van der Waals surface area contributed by atoms with E-state index in [2.05, 4.69) is 15.1 Å². The molecule has 3 rings (SSSR count). The summed E-state index contributed by atoms with van der Waals surface area (Å²) in [6.45, 7) is 0.761. The van der Waals surface area contributed by atoms with Crippen molar-refractivity contribution in [2.75, 3.05) is 18.5 Å². The highest BCUT2D eigenvalue weighted by molar-refractivity contribution is 7.89. The van der Waals surface area contributed by atoms with E-state index in [0.717, 1.165) is 31.2 Å². The minimum Gasteiger partial charge on any atom is -0.455 e. The molecule has 0 aliphatic heterocycles. The summed E-state index contributed by atoms with van der Waals surface area (Å²) >= 11 is 0. The van der Waals surface area contributed by atoms with Crippen LogP contribution in [0.2, 0.25) is 0 Å². The van der Waals surface area contributed by atoms with Crippen LogP contribution in [0.1, 0.15) is 37.3 Å². The summed E-state index contributed by atoms with van der Waals surface area (Å²) in [5.41, 5.74) is 0.920. The molecule has 0 saturated heterocycles. The zero-order valence-electron chi connectivity index (χ0n) is 16.1. The van der Waals surface area contributed by atoms with Crippen LogP contribution in [0.25, 0.3) is 0 Å². The number of esters is 1. The monoisotopic (exact) mass is 420 g/mol. The number of amides is 1. The minimum absolute atomic E-state index is 0.0498. The van der Waals surface area contributed by atoms with Gasteiger partial charge in [-0.05, 0) is 31.9 Å². The first-order valence-corrected chi connectivity index (χ1v) is 10.9. The van der Waals surface area contributed by atoms with Gasteiger partial charge < -0.3 is 10.1 Å². The van der Waals surface area contributed by atoms with Gasteiger partial charge in [-0.15, -0.1) is 0 Å². The fraction of sp³-hybridized carbons (Fsp3) is 0.421. The number of aromatic nitrogens is 2. The van der Waals surface area contributed by atoms with Crippen molar-refractivity contribution in [3.63, 3.8) is 0 Å². The Morgan fingerprint density at radius 2 is 1.86 bits per heavy atom. The van der Waals surface area contributed by atoms with Gasteiger partial charge in [0.05, 0.1) is 17.1 Å². The van der Waals surface area contributed by atoms with Crippen LogP contribution < -0.4 is 10.0 Å². The molecule has 9 nitrogen and oxygen atoms in total. The molecule has 2 N–H and O–H groups in total. The van der Waals surface area contributed by atoms with Gasteiger partial charge in [-0.3, -0.25) is 9.59 Å². The SMILES string of the molecule is Cc1ccc(S(=O)(=O)NCC(=O)OCC(=O)Nc2ccnn2C2CCCC2)cc1. The van der Waals surface area contributed by atoms with Crippen molar-refractivity contribution < 1.29 is 22.7 Å². The quantitative estimate of drug-likeness (QED) is 0.628. The van der Waals surface area contributed by atoms with Gasteiger partial charge in [-0.2, -0.15) is 9.82 Å². The number of carbonyl (C=O) groups is 2. The van der Waals surface area contributed by atoms with Crippen molar-refractivity contribution in [3.05, 3.63) is 42.1 Å². The smallest absolute Gasteiger partial charge is 0.321 e. The Morgan fingerprint density at radius 1 is 1.17 bits per heavy atom. The van der Waals surface area contributed by atoms with E-state index in [1.165, 1.54) is 12.1 Å². The third-order valence-electron chi connectivity index (χ3n) is 4.71. The fourth-order valence-corrected chi connectivity index (χ4v) is 4.15. The topological polar surface area (TPSA) is 119 Å². The van der Waals surface area contributed by atoms with Crippen molar-refractivity contribution in [2.45, 2.75) is 43.5 Å². The lowest BCUT2D eigenvalue weighted by molar-refractivity contribution is -0.146. The standard InChI is InChI=1S/C19H24N4O5S/c1-14-6-8-16(9-7-14)29(26,27)21-12-19(25)28-13-18(24)22-17-10-11-20-23(17)15-4-2-3-5-15/h6-11,15,21H,2-5,12-13H2,1H3,(H,22,24). The van der Waals surface area contributed by atoms with Crippen LogP contribution in [0.5, 0.6) is 0 Å². The molecular weight excluding hydrogens is 396 g/mol. The number of benzene rings is 1. The maximum absolute atomic E-state index is 12.2. The van der Waals surface area contributed by atoms with Gasteiger partial charge in [0.2, 0.25) is 10.0 Å². The number of nitrogens with zero attached hydrogens (tertiary/aromatic N) is 2. The normalized spacial score (nSPS) is 14.7. The number of rotatable bonds is 8. The molecule has 1 saturated carbocycles. The summed E-state index contributed by atoms with van der Waals surface area (Å²) in [7, 11) is -3.83. The van der Waals surface area contributed by atoms with Crippen molar-refractivity contribution in [1.29, 1.82) is 0 Å². The van der Waals surface area contributed by atoms with Crippen molar-refractivity contribution in [1.82, 2.24) is 14.5 Å². The first-order valence-electron chi connectivity index (χ1n) is 9.40. The molecule has 1 aliphatic carbocycles. The summed E-state index contributed by atoms with van der Waals surface area (Å²) in [5, 5.41) is 6.93. The first kappa shape index (κ1) is 21.0. The Balaban J connectivity index is 1.45. The summed E-state index contributed by atoms with van der Waals surface area (Å²) < 4.78 is 33.1. The molecule has 0 spiro atoms. The molecule has 1 fully saturated rings. The molecular formula is C19H24N4O5S. The molecule has 0 atom stereocenters. The van der Waals surface area contributed by atoms with Gasteiger partial charge in [0.15, 0.2) is 6.61 Å². The van der Waals surface area contributed by atoms with Gasteiger partial charge in [-0.1, -0.05) is 30.5 Å². The molecule has 29 heavy (non-hydrogen) atoms. The number of hydrogen-bond donors (Lipinski definition) is 2. The molecule has 10 heteroatoms. The van der Waals surface area contributed by atoms with Crippen LogP contribution in [0, 0.1) is 6.92 Å². The van der Waals surface area contributed by atoms with E-state index < -0.39 is 35.1 Å². The molecule has 2 aromatic rings. The Hall–Kier alpha value is -2.72. The summed E-state index contributed by atoms with van der Waals surface area (Å²) in [6, 6.07) is 8.17. The number of aryl methyl sites for hydroxylation is 1. The Kier molecular flexibility index (Phi) is 6.65. The number of carbonyl (C=O) groups excluding carboxylic acids is 2. The number of anilines is 1.